The van der Waals surface area contributed by atoms with Gasteiger partial charge in [-0.05, 0) is 42.3 Å². The second-order valence-corrected chi connectivity index (χ2v) is 6.83. The van der Waals surface area contributed by atoms with Gasteiger partial charge in [0.1, 0.15) is 12.4 Å². The predicted molar refractivity (Wildman–Crippen MR) is 108 cm³/mol. The van der Waals surface area contributed by atoms with Crippen LogP contribution in [0.3, 0.4) is 0 Å². The Morgan fingerprint density at radius 2 is 1.83 bits per heavy atom. The maximum absolute atomic E-state index is 12.6. The lowest BCUT2D eigenvalue weighted by molar-refractivity contribution is -0.147. The Balaban J connectivity index is 1.75. The second kappa shape index (κ2) is 8.73. The molecular formula is C23H23NO5. The highest BCUT2D eigenvalue weighted by Crippen LogP contribution is 2.33. The second-order valence-electron chi connectivity index (χ2n) is 6.83. The van der Waals surface area contributed by atoms with Gasteiger partial charge in [-0.2, -0.15) is 0 Å². The summed E-state index contributed by atoms with van der Waals surface area (Å²) in [5, 5.41) is 0. The number of Topliss-reactive ketones (excluding diaryl/α,β-unsaturated/α-hetero) is 1. The molecule has 0 fully saturated rings. The van der Waals surface area contributed by atoms with E-state index in [2.05, 4.69) is 0 Å². The van der Waals surface area contributed by atoms with Crippen molar-refractivity contribution in [1.29, 1.82) is 0 Å². The maximum atomic E-state index is 12.6. The molecule has 1 aliphatic heterocycles. The van der Waals surface area contributed by atoms with Crippen LogP contribution < -0.4 is 4.74 Å². The number of ketones is 1. The minimum atomic E-state index is -0.443. The minimum Gasteiger partial charge on any atom is -0.496 e. The van der Waals surface area contributed by atoms with Crippen LogP contribution in [-0.2, 0) is 20.9 Å². The predicted octanol–water partition coefficient (Wildman–Crippen LogP) is 3.91. The van der Waals surface area contributed by atoms with E-state index >= 15 is 0 Å². The average Bonchev–Trinajstić information content (AvgIpc) is 2.71. The zero-order chi connectivity index (χ0) is 21.0. The van der Waals surface area contributed by atoms with Gasteiger partial charge in [-0.3, -0.25) is 14.4 Å². The lowest BCUT2D eigenvalue weighted by Gasteiger charge is -2.32. The van der Waals surface area contributed by atoms with Crippen LogP contribution in [0.4, 0.5) is 0 Å². The van der Waals surface area contributed by atoms with Gasteiger partial charge in [-0.1, -0.05) is 24.3 Å². The van der Waals surface area contributed by atoms with Gasteiger partial charge >= 0.3 is 5.97 Å². The largest absolute Gasteiger partial charge is 0.496 e. The van der Waals surface area contributed by atoms with Crippen molar-refractivity contribution in [2.45, 2.75) is 32.9 Å². The van der Waals surface area contributed by atoms with E-state index in [1.807, 2.05) is 30.3 Å². The van der Waals surface area contributed by atoms with Crippen LogP contribution >= 0.6 is 0 Å². The molecule has 0 bridgehead atoms. The third kappa shape index (κ3) is 4.54. The molecule has 6 heteroatoms. The number of ether oxygens (including phenoxy) is 2. The molecule has 0 N–H and O–H groups in total. The van der Waals surface area contributed by atoms with Crippen LogP contribution in [0.15, 0.2) is 48.7 Å². The summed E-state index contributed by atoms with van der Waals surface area (Å²) in [6.07, 6.45) is 3.58. The number of hydrogen-bond acceptors (Lipinski definition) is 5. The van der Waals surface area contributed by atoms with Crippen LogP contribution in [0, 0.1) is 0 Å². The summed E-state index contributed by atoms with van der Waals surface area (Å²) in [6, 6.07) is 12.2. The molecule has 1 aliphatic rings. The smallest absolute Gasteiger partial charge is 0.308 e. The first-order valence-corrected chi connectivity index (χ1v) is 9.30. The van der Waals surface area contributed by atoms with E-state index in [0.29, 0.717) is 16.9 Å². The Labute approximate surface area is 169 Å². The van der Waals surface area contributed by atoms with Crippen molar-refractivity contribution in [2.24, 2.45) is 0 Å². The van der Waals surface area contributed by atoms with Crippen LogP contribution in [-0.4, -0.2) is 29.7 Å². The van der Waals surface area contributed by atoms with E-state index in [-0.39, 0.29) is 24.7 Å². The number of methoxy groups -OCH3 is 1. The monoisotopic (exact) mass is 393 g/mol. The van der Waals surface area contributed by atoms with Crippen LogP contribution in [0.1, 0.15) is 53.4 Å². The van der Waals surface area contributed by atoms with Crippen molar-refractivity contribution in [3.63, 3.8) is 0 Å². The molecule has 3 rings (SSSR count). The third-order valence-electron chi connectivity index (χ3n) is 4.90. The third-order valence-corrected chi connectivity index (χ3v) is 4.90. The Bertz CT molecular complexity index is 979. The molecule has 0 saturated heterocycles. The maximum Gasteiger partial charge on any atom is 0.308 e. The first-order chi connectivity index (χ1) is 13.9. The molecule has 150 valence electrons. The van der Waals surface area contributed by atoms with Gasteiger partial charge in [-0.15, -0.1) is 0 Å². The van der Waals surface area contributed by atoms with E-state index in [4.69, 9.17) is 9.47 Å². The number of carbonyl (C=O) groups excluding carboxylic acids is 3. The normalized spacial score (nSPS) is 14.9. The molecule has 1 heterocycles. The number of rotatable bonds is 6. The Morgan fingerprint density at radius 3 is 2.52 bits per heavy atom. The molecule has 1 amide bonds. The molecule has 6 nitrogen and oxygen atoms in total. The summed E-state index contributed by atoms with van der Waals surface area (Å²) in [6.45, 7) is 2.92. The lowest BCUT2D eigenvalue weighted by atomic mass is 9.94. The molecule has 0 aliphatic carbocycles. The van der Waals surface area contributed by atoms with Crippen molar-refractivity contribution >= 4 is 23.7 Å². The molecule has 1 atom stereocenters. The van der Waals surface area contributed by atoms with E-state index < -0.39 is 12.0 Å². The number of amides is 1. The minimum absolute atomic E-state index is 0.0204. The quantitative estimate of drug-likeness (QED) is 0.550. The molecule has 2 aromatic rings. The fraction of sp³-hybridized carbons (Fsp3) is 0.261. The fourth-order valence-corrected chi connectivity index (χ4v) is 3.40. The highest BCUT2D eigenvalue weighted by molar-refractivity contribution is 5.94. The number of hydrogen-bond donors (Lipinski definition) is 0. The Morgan fingerprint density at radius 1 is 1.07 bits per heavy atom. The number of carbonyl (C=O) groups is 3. The highest BCUT2D eigenvalue weighted by Gasteiger charge is 2.28. The van der Waals surface area contributed by atoms with E-state index in [0.717, 1.165) is 11.1 Å². The summed E-state index contributed by atoms with van der Waals surface area (Å²) < 4.78 is 10.8. The van der Waals surface area contributed by atoms with E-state index in [1.54, 1.807) is 29.3 Å². The van der Waals surface area contributed by atoms with Gasteiger partial charge in [0.05, 0.1) is 19.6 Å². The molecule has 0 aromatic heterocycles. The van der Waals surface area contributed by atoms with Crippen molar-refractivity contribution in [3.8, 4) is 5.75 Å². The summed E-state index contributed by atoms with van der Waals surface area (Å²) in [7, 11) is 1.52. The number of benzene rings is 2. The van der Waals surface area contributed by atoms with Gasteiger partial charge in [0.2, 0.25) is 5.91 Å². The fourth-order valence-electron chi connectivity index (χ4n) is 3.40. The Kier molecular flexibility index (Phi) is 6.12. The summed E-state index contributed by atoms with van der Waals surface area (Å²) in [4.78, 5) is 37.8. The standard InChI is InChI=1S/C23H23NO5/c1-15(25)18-8-9-22(28-3)19(12-18)14-29-23(27)13-21-20-7-5-4-6-17(20)10-11-24(21)16(2)26/h4-12,21H,13-14H2,1-3H3/t21-/m1/s1. The van der Waals surface area contributed by atoms with E-state index in [1.165, 1.54) is 21.0 Å². The van der Waals surface area contributed by atoms with Crippen molar-refractivity contribution in [1.82, 2.24) is 4.90 Å². The van der Waals surface area contributed by atoms with Gasteiger partial charge in [0.25, 0.3) is 0 Å². The van der Waals surface area contributed by atoms with Gasteiger partial charge < -0.3 is 14.4 Å². The first-order valence-electron chi connectivity index (χ1n) is 9.30. The number of fused-ring (bicyclic) bond motifs is 1. The van der Waals surface area contributed by atoms with Crippen molar-refractivity contribution in [2.75, 3.05) is 7.11 Å². The zero-order valence-electron chi connectivity index (χ0n) is 16.7. The lowest BCUT2D eigenvalue weighted by Crippen LogP contribution is -2.32. The highest BCUT2D eigenvalue weighted by atomic mass is 16.5. The number of esters is 1. The molecule has 0 saturated carbocycles. The van der Waals surface area contributed by atoms with Gasteiger partial charge in [0.15, 0.2) is 5.78 Å². The molecule has 0 spiro atoms. The Hall–Kier alpha value is -3.41. The number of nitrogens with zero attached hydrogens (tertiary/aromatic N) is 1. The SMILES string of the molecule is COc1ccc(C(C)=O)cc1COC(=O)C[C@@H]1c2ccccc2C=CN1C(C)=O. The molecule has 0 radical (unpaired) electrons. The van der Waals surface area contributed by atoms with Gasteiger partial charge in [-0.25, -0.2) is 0 Å². The van der Waals surface area contributed by atoms with Gasteiger partial charge in [0, 0.05) is 24.3 Å². The summed E-state index contributed by atoms with van der Waals surface area (Å²) in [5.41, 5.74) is 3.00. The average molecular weight is 393 g/mol. The molecular weight excluding hydrogens is 370 g/mol. The first kappa shape index (κ1) is 20.3. The summed E-state index contributed by atoms with van der Waals surface area (Å²) >= 11 is 0. The summed E-state index contributed by atoms with van der Waals surface area (Å²) in [5.74, 6) is -0.131. The molecule has 29 heavy (non-hydrogen) atoms. The topological polar surface area (TPSA) is 72.9 Å². The van der Waals surface area contributed by atoms with Crippen LogP contribution in [0.2, 0.25) is 0 Å². The zero-order valence-corrected chi connectivity index (χ0v) is 16.7. The van der Waals surface area contributed by atoms with E-state index in [9.17, 15) is 14.4 Å². The molecule has 0 unspecified atom stereocenters. The van der Waals surface area contributed by atoms with Crippen molar-refractivity contribution < 1.29 is 23.9 Å². The van der Waals surface area contributed by atoms with Crippen LogP contribution in [0.5, 0.6) is 5.75 Å². The van der Waals surface area contributed by atoms with Crippen LogP contribution in [0.25, 0.3) is 6.08 Å². The van der Waals surface area contributed by atoms with Crippen molar-refractivity contribution in [3.05, 3.63) is 70.9 Å². The molecule has 2 aromatic carbocycles.